The van der Waals surface area contributed by atoms with E-state index in [2.05, 4.69) is 27.6 Å². The molecule has 0 saturated heterocycles. The molecule has 8 heteroatoms. The number of amides is 1. The Labute approximate surface area is 195 Å². The summed E-state index contributed by atoms with van der Waals surface area (Å²) in [5.74, 6) is 0.981. The zero-order chi connectivity index (χ0) is 23.0. The fourth-order valence-corrected chi connectivity index (χ4v) is 4.14. The van der Waals surface area contributed by atoms with Crippen LogP contribution in [0.15, 0.2) is 84.0 Å². The number of halogens is 1. The fourth-order valence-electron chi connectivity index (χ4n) is 3.37. The Morgan fingerprint density at radius 1 is 1.00 bits per heavy atom. The summed E-state index contributed by atoms with van der Waals surface area (Å²) >= 11 is 1.30. The summed E-state index contributed by atoms with van der Waals surface area (Å²) in [4.78, 5) is 12.4. The summed E-state index contributed by atoms with van der Waals surface area (Å²) < 4.78 is 20.6. The molecule has 33 heavy (non-hydrogen) atoms. The average molecular weight is 463 g/mol. The fraction of sp³-hybridized carbons (Fsp3) is 0.160. The number of carbonyl (C=O) groups excluding carboxylic acids is 1. The highest BCUT2D eigenvalue weighted by atomic mass is 32.2. The van der Waals surface area contributed by atoms with Crippen LogP contribution >= 0.6 is 11.8 Å². The van der Waals surface area contributed by atoms with E-state index in [0.717, 1.165) is 12.0 Å². The number of thioether (sulfide) groups is 1. The highest BCUT2D eigenvalue weighted by molar-refractivity contribution is 7.99. The van der Waals surface area contributed by atoms with Crippen molar-refractivity contribution in [2.45, 2.75) is 18.1 Å². The molecule has 0 fully saturated rings. The summed E-state index contributed by atoms with van der Waals surface area (Å²) in [7, 11) is 1.62. The van der Waals surface area contributed by atoms with Crippen molar-refractivity contribution < 1.29 is 13.9 Å². The molecule has 0 aliphatic rings. The second-order valence-electron chi connectivity index (χ2n) is 7.24. The minimum atomic E-state index is -0.349. The van der Waals surface area contributed by atoms with E-state index >= 15 is 0 Å². The van der Waals surface area contributed by atoms with E-state index in [1.165, 1.54) is 41.6 Å². The van der Waals surface area contributed by atoms with Crippen LogP contribution in [-0.4, -0.2) is 33.5 Å². The molecule has 0 radical (unpaired) electrons. The molecule has 168 valence electrons. The SMILES string of the molecule is COc1ccccc1-c1nnc(SCC(=O)Nc2ccc(F)cc2)n1CCc1ccccc1. The Morgan fingerprint density at radius 2 is 1.73 bits per heavy atom. The topological polar surface area (TPSA) is 69.0 Å². The van der Waals surface area contributed by atoms with E-state index in [0.29, 0.717) is 29.0 Å². The quantitative estimate of drug-likeness (QED) is 0.352. The second kappa shape index (κ2) is 10.8. The number of rotatable bonds is 9. The zero-order valence-corrected chi connectivity index (χ0v) is 18.9. The van der Waals surface area contributed by atoms with Gasteiger partial charge in [-0.3, -0.25) is 4.79 Å². The highest BCUT2D eigenvalue weighted by Gasteiger charge is 2.18. The monoisotopic (exact) mass is 462 g/mol. The van der Waals surface area contributed by atoms with Gasteiger partial charge < -0.3 is 14.6 Å². The predicted molar refractivity (Wildman–Crippen MR) is 128 cm³/mol. The standard InChI is InChI=1S/C25H23FN4O2S/c1-32-22-10-6-5-9-21(22)24-28-29-25(30(24)16-15-18-7-3-2-4-8-18)33-17-23(31)27-20-13-11-19(26)12-14-20/h2-14H,15-17H2,1H3,(H,27,31). The van der Waals surface area contributed by atoms with Gasteiger partial charge in [-0.25, -0.2) is 4.39 Å². The molecule has 1 N–H and O–H groups in total. The van der Waals surface area contributed by atoms with E-state index in [1.807, 2.05) is 47.0 Å². The number of nitrogens with one attached hydrogen (secondary N) is 1. The molecule has 0 aliphatic heterocycles. The number of ether oxygens (including phenoxy) is 1. The van der Waals surface area contributed by atoms with E-state index in [9.17, 15) is 9.18 Å². The molecule has 1 amide bonds. The Hall–Kier alpha value is -3.65. The lowest BCUT2D eigenvalue weighted by Crippen LogP contribution is -2.15. The molecule has 3 aromatic carbocycles. The lowest BCUT2D eigenvalue weighted by molar-refractivity contribution is -0.113. The van der Waals surface area contributed by atoms with Crippen LogP contribution in [0.2, 0.25) is 0 Å². The van der Waals surface area contributed by atoms with Crippen LogP contribution < -0.4 is 10.1 Å². The van der Waals surface area contributed by atoms with Gasteiger partial charge in [0.15, 0.2) is 11.0 Å². The maximum absolute atomic E-state index is 13.1. The number of hydrogen-bond donors (Lipinski definition) is 1. The number of aromatic nitrogens is 3. The first kappa shape index (κ1) is 22.5. The molecule has 4 aromatic rings. The molecule has 0 unspecified atom stereocenters. The Balaban J connectivity index is 1.54. The first-order valence-electron chi connectivity index (χ1n) is 10.4. The van der Waals surface area contributed by atoms with Crippen LogP contribution in [0.5, 0.6) is 5.75 Å². The second-order valence-corrected chi connectivity index (χ2v) is 8.18. The molecule has 4 rings (SSSR count). The number of benzene rings is 3. The smallest absolute Gasteiger partial charge is 0.234 e. The third kappa shape index (κ3) is 5.78. The third-order valence-corrected chi connectivity index (χ3v) is 5.96. The minimum Gasteiger partial charge on any atom is -0.496 e. The van der Waals surface area contributed by atoms with Gasteiger partial charge >= 0.3 is 0 Å². The van der Waals surface area contributed by atoms with Crippen LogP contribution in [-0.2, 0) is 17.8 Å². The lowest BCUT2D eigenvalue weighted by atomic mass is 10.1. The van der Waals surface area contributed by atoms with Gasteiger partial charge in [-0.2, -0.15) is 0 Å². The molecule has 0 spiro atoms. The highest BCUT2D eigenvalue weighted by Crippen LogP contribution is 2.31. The van der Waals surface area contributed by atoms with Crippen molar-refractivity contribution in [2.24, 2.45) is 0 Å². The van der Waals surface area contributed by atoms with Crippen molar-refractivity contribution in [2.75, 3.05) is 18.2 Å². The molecular weight excluding hydrogens is 439 g/mol. The van der Waals surface area contributed by atoms with Crippen LogP contribution in [0.4, 0.5) is 10.1 Å². The number of methoxy groups -OCH3 is 1. The van der Waals surface area contributed by atoms with Crippen LogP contribution in [0, 0.1) is 5.82 Å². The summed E-state index contributed by atoms with van der Waals surface area (Å²) in [5, 5.41) is 12.2. The Morgan fingerprint density at radius 3 is 2.48 bits per heavy atom. The van der Waals surface area contributed by atoms with Gasteiger partial charge in [-0.1, -0.05) is 54.2 Å². The number of anilines is 1. The van der Waals surface area contributed by atoms with Crippen LogP contribution in [0.25, 0.3) is 11.4 Å². The molecule has 6 nitrogen and oxygen atoms in total. The Kier molecular flexibility index (Phi) is 7.36. The minimum absolute atomic E-state index is 0.146. The molecule has 0 atom stereocenters. The zero-order valence-electron chi connectivity index (χ0n) is 18.1. The lowest BCUT2D eigenvalue weighted by Gasteiger charge is -2.12. The van der Waals surface area contributed by atoms with Crippen LogP contribution in [0.1, 0.15) is 5.56 Å². The first-order chi connectivity index (χ1) is 16.1. The molecular formula is C25H23FN4O2S. The number of nitrogens with zero attached hydrogens (tertiary/aromatic N) is 3. The first-order valence-corrected chi connectivity index (χ1v) is 11.4. The predicted octanol–water partition coefficient (Wildman–Crippen LogP) is 5.07. The number of para-hydroxylation sites is 1. The molecule has 1 heterocycles. The number of hydrogen-bond acceptors (Lipinski definition) is 5. The normalized spacial score (nSPS) is 10.7. The van der Waals surface area contributed by atoms with E-state index in [4.69, 9.17) is 4.74 Å². The van der Waals surface area contributed by atoms with Gasteiger partial charge in [0.1, 0.15) is 11.6 Å². The number of carbonyl (C=O) groups is 1. The maximum atomic E-state index is 13.1. The number of aryl methyl sites for hydroxylation is 1. The van der Waals surface area contributed by atoms with Gasteiger partial charge in [-0.15, -0.1) is 10.2 Å². The van der Waals surface area contributed by atoms with Gasteiger partial charge in [0.25, 0.3) is 0 Å². The van der Waals surface area contributed by atoms with Crippen molar-refractivity contribution in [1.29, 1.82) is 0 Å². The van der Waals surface area contributed by atoms with Gasteiger partial charge in [0.2, 0.25) is 5.91 Å². The third-order valence-electron chi connectivity index (χ3n) is 4.99. The molecule has 1 aromatic heterocycles. The summed E-state index contributed by atoms with van der Waals surface area (Å²) in [6.45, 7) is 0.645. The average Bonchev–Trinajstić information content (AvgIpc) is 3.26. The molecule has 0 aliphatic carbocycles. The summed E-state index contributed by atoms with van der Waals surface area (Å²) in [6, 6.07) is 23.5. The Bertz CT molecular complexity index is 1210. The molecule has 0 saturated carbocycles. The van der Waals surface area contributed by atoms with Gasteiger partial charge in [0, 0.05) is 12.2 Å². The van der Waals surface area contributed by atoms with E-state index < -0.39 is 0 Å². The maximum Gasteiger partial charge on any atom is 0.234 e. The molecule has 0 bridgehead atoms. The van der Waals surface area contributed by atoms with Crippen LogP contribution in [0.3, 0.4) is 0 Å². The van der Waals surface area contributed by atoms with Gasteiger partial charge in [0.05, 0.1) is 18.4 Å². The largest absolute Gasteiger partial charge is 0.496 e. The van der Waals surface area contributed by atoms with Crippen molar-refractivity contribution in [1.82, 2.24) is 14.8 Å². The van der Waals surface area contributed by atoms with Crippen molar-refractivity contribution in [3.8, 4) is 17.1 Å². The summed E-state index contributed by atoms with van der Waals surface area (Å²) in [6.07, 6.45) is 0.788. The van der Waals surface area contributed by atoms with Crippen molar-refractivity contribution in [3.63, 3.8) is 0 Å². The van der Waals surface area contributed by atoms with Crippen molar-refractivity contribution in [3.05, 3.63) is 90.2 Å². The summed E-state index contributed by atoms with van der Waals surface area (Å²) in [5.41, 5.74) is 2.58. The van der Waals surface area contributed by atoms with Gasteiger partial charge in [-0.05, 0) is 48.4 Å². The van der Waals surface area contributed by atoms with E-state index in [-0.39, 0.29) is 17.5 Å². The van der Waals surface area contributed by atoms with E-state index in [1.54, 1.807) is 7.11 Å². The van der Waals surface area contributed by atoms with Crippen molar-refractivity contribution >= 4 is 23.4 Å².